The second-order valence-corrected chi connectivity index (χ2v) is 7.80. The summed E-state index contributed by atoms with van der Waals surface area (Å²) in [5, 5.41) is 13.3. The van der Waals surface area contributed by atoms with Gasteiger partial charge in [0.25, 0.3) is 0 Å². The molecule has 1 fully saturated rings. The molecular formula is C21H26N4O3. The minimum Gasteiger partial charge on any atom is -0.391 e. The summed E-state index contributed by atoms with van der Waals surface area (Å²) in [7, 11) is 0. The number of hydrogen-bond acceptors (Lipinski definition) is 4. The number of para-hydroxylation sites is 1. The molecule has 1 aromatic heterocycles. The predicted octanol–water partition coefficient (Wildman–Crippen LogP) is 1.51. The Balaban J connectivity index is 1.38. The van der Waals surface area contributed by atoms with Gasteiger partial charge in [0.1, 0.15) is 6.54 Å². The molecule has 3 atom stereocenters. The fourth-order valence-corrected chi connectivity index (χ4v) is 4.37. The summed E-state index contributed by atoms with van der Waals surface area (Å²) in [6, 6.07) is 7.49. The van der Waals surface area contributed by atoms with Crippen molar-refractivity contribution in [3.63, 3.8) is 0 Å². The molecule has 1 unspecified atom stereocenters. The Labute approximate surface area is 164 Å². The Kier molecular flexibility index (Phi) is 5.43. The molecule has 0 spiro atoms. The van der Waals surface area contributed by atoms with Crippen molar-refractivity contribution in [3.05, 3.63) is 48.5 Å². The van der Waals surface area contributed by atoms with Gasteiger partial charge >= 0.3 is 0 Å². The van der Waals surface area contributed by atoms with Gasteiger partial charge in [-0.2, -0.15) is 0 Å². The number of anilines is 1. The maximum atomic E-state index is 12.7. The van der Waals surface area contributed by atoms with Gasteiger partial charge in [-0.25, -0.2) is 4.98 Å². The first kappa shape index (κ1) is 18.7. The number of rotatable bonds is 5. The van der Waals surface area contributed by atoms with Crippen LogP contribution in [0.2, 0.25) is 0 Å². The van der Waals surface area contributed by atoms with E-state index in [4.69, 9.17) is 0 Å². The summed E-state index contributed by atoms with van der Waals surface area (Å²) in [6.07, 6.45) is 8.29. The van der Waals surface area contributed by atoms with Crippen LogP contribution in [0.25, 0.3) is 0 Å². The van der Waals surface area contributed by atoms with Crippen LogP contribution >= 0.6 is 0 Å². The van der Waals surface area contributed by atoms with E-state index < -0.39 is 6.10 Å². The molecular weight excluding hydrogens is 356 g/mol. The molecule has 2 amide bonds. The van der Waals surface area contributed by atoms with Crippen molar-refractivity contribution in [1.82, 2.24) is 14.9 Å². The van der Waals surface area contributed by atoms with Crippen LogP contribution in [-0.4, -0.2) is 45.2 Å². The summed E-state index contributed by atoms with van der Waals surface area (Å²) in [6.45, 7) is 0.771. The number of carbonyl (C=O) groups excluding carboxylic acids is 2. The third kappa shape index (κ3) is 4.09. The van der Waals surface area contributed by atoms with E-state index in [9.17, 15) is 14.7 Å². The third-order valence-corrected chi connectivity index (χ3v) is 5.72. The number of aromatic nitrogens is 2. The Morgan fingerprint density at radius 3 is 2.93 bits per heavy atom. The summed E-state index contributed by atoms with van der Waals surface area (Å²) >= 11 is 0. The summed E-state index contributed by atoms with van der Waals surface area (Å²) < 4.78 is 1.99. The first-order valence-corrected chi connectivity index (χ1v) is 9.91. The Hall–Kier alpha value is -2.67. The monoisotopic (exact) mass is 382 g/mol. The zero-order chi connectivity index (χ0) is 19.5. The van der Waals surface area contributed by atoms with Crippen molar-refractivity contribution in [3.8, 4) is 0 Å². The quantitative estimate of drug-likeness (QED) is 0.821. The Bertz CT molecular complexity index is 836. The van der Waals surface area contributed by atoms with Crippen molar-refractivity contribution in [2.24, 2.45) is 5.92 Å². The average Bonchev–Trinajstić information content (AvgIpc) is 3.26. The molecule has 28 heavy (non-hydrogen) atoms. The molecule has 7 heteroatoms. The van der Waals surface area contributed by atoms with E-state index in [1.54, 1.807) is 17.4 Å². The fourth-order valence-electron chi connectivity index (χ4n) is 4.37. The molecule has 0 bridgehead atoms. The van der Waals surface area contributed by atoms with E-state index in [2.05, 4.69) is 10.3 Å². The molecule has 148 valence electrons. The highest BCUT2D eigenvalue weighted by Gasteiger charge is 2.34. The molecule has 2 aromatic rings. The lowest BCUT2D eigenvalue weighted by Gasteiger charge is -2.24. The zero-order valence-corrected chi connectivity index (χ0v) is 15.8. The van der Waals surface area contributed by atoms with Gasteiger partial charge in [0.2, 0.25) is 11.8 Å². The Morgan fingerprint density at radius 1 is 1.25 bits per heavy atom. The lowest BCUT2D eigenvalue weighted by molar-refractivity contribution is -0.124. The smallest absolute Gasteiger partial charge is 0.240 e. The number of nitrogens with one attached hydrogen (secondary N) is 1. The van der Waals surface area contributed by atoms with Crippen molar-refractivity contribution in [1.29, 1.82) is 0 Å². The number of amides is 2. The number of carbonyl (C=O) groups is 2. The van der Waals surface area contributed by atoms with Gasteiger partial charge in [0.15, 0.2) is 0 Å². The topological polar surface area (TPSA) is 87.5 Å². The van der Waals surface area contributed by atoms with Gasteiger partial charge in [-0.1, -0.05) is 18.2 Å². The van der Waals surface area contributed by atoms with Crippen LogP contribution in [0, 0.1) is 5.92 Å². The lowest BCUT2D eigenvalue weighted by Crippen LogP contribution is -2.46. The fraction of sp³-hybridized carbons (Fsp3) is 0.476. The molecule has 7 nitrogen and oxygen atoms in total. The van der Waals surface area contributed by atoms with E-state index in [-0.39, 0.29) is 30.3 Å². The van der Waals surface area contributed by atoms with Gasteiger partial charge in [0.05, 0.1) is 18.5 Å². The predicted molar refractivity (Wildman–Crippen MR) is 105 cm³/mol. The summed E-state index contributed by atoms with van der Waals surface area (Å²) in [4.78, 5) is 30.8. The number of benzene rings is 1. The number of nitrogens with zero attached hydrogens (tertiary/aromatic N) is 3. The van der Waals surface area contributed by atoms with Gasteiger partial charge in [-0.3, -0.25) is 9.59 Å². The number of aryl methyl sites for hydroxylation is 1. The molecule has 0 saturated heterocycles. The van der Waals surface area contributed by atoms with E-state index in [1.165, 1.54) is 0 Å². The number of aliphatic hydroxyl groups excluding tert-OH is 1. The van der Waals surface area contributed by atoms with E-state index in [0.29, 0.717) is 12.8 Å². The van der Waals surface area contributed by atoms with Gasteiger partial charge in [0, 0.05) is 31.0 Å². The van der Waals surface area contributed by atoms with Gasteiger partial charge in [-0.05, 0) is 43.2 Å². The highest BCUT2D eigenvalue weighted by Crippen LogP contribution is 2.29. The molecule has 1 aliphatic heterocycles. The standard InChI is InChI=1S/C21H26N4O3/c26-19-11-15(12-24-9-8-22-14-24)10-17(19)23-20(27)13-25-18-6-2-1-4-16(18)5-3-7-21(25)28/h1-2,4,6,8-9,14-15,17,19,26H,3,5,7,10-13H2,(H,23,27)/t15?,17-,19-/m1/s1. The van der Waals surface area contributed by atoms with Crippen LogP contribution in [0.5, 0.6) is 0 Å². The van der Waals surface area contributed by atoms with Crippen molar-refractivity contribution >= 4 is 17.5 Å². The second-order valence-electron chi connectivity index (χ2n) is 7.80. The summed E-state index contributed by atoms with van der Waals surface area (Å²) in [5.74, 6) is 0.0393. The van der Waals surface area contributed by atoms with Crippen LogP contribution in [0.3, 0.4) is 0 Å². The van der Waals surface area contributed by atoms with Crippen LogP contribution in [0.4, 0.5) is 5.69 Å². The number of fused-ring (bicyclic) bond motifs is 1. The lowest BCUT2D eigenvalue weighted by atomic mass is 10.1. The number of aliphatic hydroxyl groups is 1. The molecule has 2 aliphatic rings. The number of imidazole rings is 1. The minimum absolute atomic E-state index is 0.00868. The van der Waals surface area contributed by atoms with Gasteiger partial charge in [-0.15, -0.1) is 0 Å². The molecule has 0 radical (unpaired) electrons. The first-order valence-electron chi connectivity index (χ1n) is 9.91. The SMILES string of the molecule is O=C(CN1C(=O)CCCc2ccccc21)N[C@@H]1CC(Cn2ccnc2)C[C@H]1O. The van der Waals surface area contributed by atoms with E-state index in [0.717, 1.165) is 37.1 Å². The molecule has 1 saturated carbocycles. The van der Waals surface area contributed by atoms with Crippen LogP contribution < -0.4 is 10.2 Å². The van der Waals surface area contributed by atoms with Crippen LogP contribution in [-0.2, 0) is 22.6 Å². The van der Waals surface area contributed by atoms with Crippen molar-refractivity contribution in [2.45, 2.75) is 50.8 Å². The average molecular weight is 382 g/mol. The number of hydrogen-bond donors (Lipinski definition) is 2. The van der Waals surface area contributed by atoms with Crippen LogP contribution in [0.15, 0.2) is 43.0 Å². The largest absolute Gasteiger partial charge is 0.391 e. The molecule has 1 aliphatic carbocycles. The minimum atomic E-state index is -0.565. The van der Waals surface area contributed by atoms with Crippen molar-refractivity contribution in [2.75, 3.05) is 11.4 Å². The maximum Gasteiger partial charge on any atom is 0.240 e. The second kappa shape index (κ2) is 8.14. The van der Waals surface area contributed by atoms with E-state index >= 15 is 0 Å². The molecule has 4 rings (SSSR count). The zero-order valence-electron chi connectivity index (χ0n) is 15.8. The Morgan fingerprint density at radius 2 is 2.11 bits per heavy atom. The van der Waals surface area contributed by atoms with Gasteiger partial charge < -0.3 is 19.9 Å². The van der Waals surface area contributed by atoms with Crippen LogP contribution in [0.1, 0.15) is 31.2 Å². The molecule has 2 heterocycles. The molecule has 2 N–H and O–H groups in total. The summed E-state index contributed by atoms with van der Waals surface area (Å²) in [5.41, 5.74) is 1.92. The highest BCUT2D eigenvalue weighted by atomic mass is 16.3. The van der Waals surface area contributed by atoms with Crippen molar-refractivity contribution < 1.29 is 14.7 Å². The third-order valence-electron chi connectivity index (χ3n) is 5.72. The highest BCUT2D eigenvalue weighted by molar-refractivity contribution is 5.99. The first-order chi connectivity index (χ1) is 13.6. The normalized spacial score (nSPS) is 24.7. The van der Waals surface area contributed by atoms with E-state index in [1.807, 2.05) is 35.0 Å². The molecule has 1 aromatic carbocycles. The maximum absolute atomic E-state index is 12.7.